The number of hydrogen-bond acceptors (Lipinski definition) is 4. The van der Waals surface area contributed by atoms with E-state index in [2.05, 4.69) is 18.6 Å². The zero-order valence-electron chi connectivity index (χ0n) is 38.3. The second-order valence-electron chi connectivity index (χ2n) is 17.8. The van der Waals surface area contributed by atoms with Gasteiger partial charge in [-0.1, -0.05) is 225 Å². The van der Waals surface area contributed by atoms with Crippen LogP contribution in [0.1, 0.15) is 230 Å². The molecule has 0 aliphatic heterocycles. The highest BCUT2D eigenvalue weighted by molar-refractivity contribution is 7.92. The Labute approximate surface area is 368 Å². The summed E-state index contributed by atoms with van der Waals surface area (Å²) in [5, 5.41) is 11.6. The van der Waals surface area contributed by atoms with Gasteiger partial charge in [0, 0.05) is 24.3 Å². The molecule has 0 bridgehead atoms. The van der Waals surface area contributed by atoms with E-state index in [1.807, 2.05) is 11.0 Å². The lowest BCUT2D eigenvalue weighted by Gasteiger charge is -2.23. The number of amides is 1. The second-order valence-corrected chi connectivity index (χ2v) is 19.5. The molecule has 0 saturated carbocycles. The molecular weight excluding hydrogens is 761 g/mol. The van der Waals surface area contributed by atoms with Crippen molar-refractivity contribution in [3.8, 4) is 5.75 Å². The van der Waals surface area contributed by atoms with Gasteiger partial charge in [0.2, 0.25) is 0 Å². The summed E-state index contributed by atoms with van der Waals surface area (Å²) >= 11 is 0. The van der Waals surface area contributed by atoms with Crippen molar-refractivity contribution in [3.63, 3.8) is 0 Å². The summed E-state index contributed by atoms with van der Waals surface area (Å²) in [5.74, 6) is 0.0348. The normalized spacial score (nSPS) is 11.7. The third-order valence-corrected chi connectivity index (χ3v) is 13.7. The van der Waals surface area contributed by atoms with Crippen LogP contribution in [0.5, 0.6) is 5.75 Å². The minimum Gasteiger partial charge on any atom is -0.508 e. The molecule has 0 spiro atoms. The van der Waals surface area contributed by atoms with Gasteiger partial charge in [-0.2, -0.15) is 0 Å². The largest absolute Gasteiger partial charge is 0.508 e. The summed E-state index contributed by atoms with van der Waals surface area (Å²) in [5.41, 5.74) is 0.813. The molecule has 0 aliphatic rings. The number of sulfonamides is 1. The predicted octanol–water partition coefficient (Wildman–Crippen LogP) is 16.3. The number of anilines is 1. The molecule has 0 unspecified atom stereocenters. The standard InChI is InChI=1S/C53H86N2O4S/c1-3-5-7-9-11-13-15-17-19-21-23-25-27-29-31-33-42-55(43-34-32-30-28-26-24-22-20-18-16-14-12-10-8-6-4-2)53(57)48-36-35-37-52(46-48)60(58,59)54-50-40-38-47-39-41-51(56)45-49(47)44-50/h35-41,44-46,54,56H,3-34,42-43H2,1-2H3. The SMILES string of the molecule is CCCCCCCCCCCCCCCCCCN(CCCCCCCCCCCCCCCCCC)C(=O)c1cccc(S(=O)(=O)Nc2ccc3ccc(O)cc3c2)c1. The van der Waals surface area contributed by atoms with Gasteiger partial charge in [0.25, 0.3) is 15.9 Å². The highest BCUT2D eigenvalue weighted by Gasteiger charge is 2.20. The number of carbonyl (C=O) groups excluding carboxylic acids is 1. The molecule has 0 saturated heterocycles. The number of benzene rings is 3. The lowest BCUT2D eigenvalue weighted by molar-refractivity contribution is 0.0749. The summed E-state index contributed by atoms with van der Waals surface area (Å²) in [6, 6.07) is 16.7. The first kappa shape index (κ1) is 51.3. The molecule has 60 heavy (non-hydrogen) atoms. The zero-order chi connectivity index (χ0) is 42.9. The predicted molar refractivity (Wildman–Crippen MR) is 258 cm³/mol. The molecule has 3 rings (SSSR count). The molecule has 7 heteroatoms. The van der Waals surface area contributed by atoms with Crippen molar-refractivity contribution in [1.29, 1.82) is 0 Å². The van der Waals surface area contributed by atoms with Crippen LogP contribution in [0, 0.1) is 0 Å². The highest BCUT2D eigenvalue weighted by Crippen LogP contribution is 2.26. The molecule has 2 N–H and O–H groups in total. The molecule has 0 aliphatic carbocycles. The van der Waals surface area contributed by atoms with E-state index >= 15 is 0 Å². The molecule has 0 heterocycles. The number of nitrogens with one attached hydrogen (secondary N) is 1. The Bertz CT molecular complexity index is 1620. The van der Waals surface area contributed by atoms with Gasteiger partial charge in [-0.3, -0.25) is 9.52 Å². The number of rotatable bonds is 38. The second kappa shape index (κ2) is 32.6. The van der Waals surface area contributed by atoms with E-state index in [0.717, 1.165) is 36.5 Å². The van der Waals surface area contributed by atoms with Gasteiger partial charge in [-0.15, -0.1) is 0 Å². The number of phenols is 1. The zero-order valence-corrected chi connectivity index (χ0v) is 39.2. The Kier molecular flexibility index (Phi) is 27.9. The van der Waals surface area contributed by atoms with Crippen molar-refractivity contribution < 1.29 is 18.3 Å². The van der Waals surface area contributed by atoms with Crippen LogP contribution in [0.4, 0.5) is 5.69 Å². The molecule has 0 fully saturated rings. The van der Waals surface area contributed by atoms with Crippen LogP contribution in [0.3, 0.4) is 0 Å². The fourth-order valence-corrected chi connectivity index (χ4v) is 9.60. The van der Waals surface area contributed by atoms with E-state index in [9.17, 15) is 18.3 Å². The van der Waals surface area contributed by atoms with Crippen molar-refractivity contribution in [1.82, 2.24) is 4.90 Å². The summed E-state index contributed by atoms with van der Waals surface area (Å²) < 4.78 is 29.8. The molecule has 6 nitrogen and oxygen atoms in total. The van der Waals surface area contributed by atoms with Gasteiger partial charge < -0.3 is 10.0 Å². The monoisotopic (exact) mass is 847 g/mol. The van der Waals surface area contributed by atoms with Gasteiger partial charge in [0.05, 0.1) is 4.90 Å². The topological polar surface area (TPSA) is 86.7 Å². The van der Waals surface area contributed by atoms with E-state index in [1.54, 1.807) is 48.5 Å². The first-order valence-corrected chi connectivity index (χ1v) is 26.5. The molecule has 3 aromatic carbocycles. The summed E-state index contributed by atoms with van der Waals surface area (Å²) in [7, 11) is -3.95. The number of unbranched alkanes of at least 4 members (excludes halogenated alkanes) is 30. The van der Waals surface area contributed by atoms with Crippen LogP contribution in [0.25, 0.3) is 10.8 Å². The summed E-state index contributed by atoms with van der Waals surface area (Å²) in [6.07, 6.45) is 42.1. The molecule has 0 aromatic heterocycles. The molecule has 0 atom stereocenters. The van der Waals surface area contributed by atoms with Crippen LogP contribution in [-0.4, -0.2) is 37.4 Å². The Hall–Kier alpha value is -3.06. The lowest BCUT2D eigenvalue weighted by atomic mass is 10.0. The molecular formula is C53H86N2O4S. The van der Waals surface area contributed by atoms with E-state index in [1.165, 1.54) is 186 Å². The number of aromatic hydroxyl groups is 1. The third kappa shape index (κ3) is 22.7. The van der Waals surface area contributed by atoms with Crippen molar-refractivity contribution in [2.45, 2.75) is 224 Å². The van der Waals surface area contributed by atoms with Gasteiger partial charge in [0.1, 0.15) is 5.75 Å². The minimum atomic E-state index is -3.95. The Balaban J connectivity index is 1.42. The maximum absolute atomic E-state index is 14.0. The Morgan fingerprint density at radius 1 is 0.483 bits per heavy atom. The van der Waals surface area contributed by atoms with Gasteiger partial charge >= 0.3 is 0 Å². The maximum Gasteiger partial charge on any atom is 0.261 e. The number of fused-ring (bicyclic) bond motifs is 1. The number of phenolic OH excluding ortho intramolecular Hbond substituents is 1. The van der Waals surface area contributed by atoms with Crippen LogP contribution in [0.2, 0.25) is 0 Å². The van der Waals surface area contributed by atoms with Crippen LogP contribution in [0.15, 0.2) is 65.6 Å². The molecule has 0 radical (unpaired) electrons. The average molecular weight is 847 g/mol. The summed E-state index contributed by atoms with van der Waals surface area (Å²) in [6.45, 7) is 5.97. The highest BCUT2D eigenvalue weighted by atomic mass is 32.2. The molecule has 338 valence electrons. The van der Waals surface area contributed by atoms with E-state index in [-0.39, 0.29) is 16.6 Å². The fraction of sp³-hybridized carbons (Fsp3) is 0.679. The quantitative estimate of drug-likeness (QED) is 0.0563. The number of hydrogen-bond donors (Lipinski definition) is 2. The molecule has 1 amide bonds. The number of nitrogens with zero attached hydrogens (tertiary/aromatic N) is 1. The Morgan fingerprint density at radius 2 is 0.883 bits per heavy atom. The minimum absolute atomic E-state index is 0.0640. The lowest BCUT2D eigenvalue weighted by Crippen LogP contribution is -2.33. The van der Waals surface area contributed by atoms with E-state index in [4.69, 9.17) is 0 Å². The van der Waals surface area contributed by atoms with Gasteiger partial charge in [-0.05, 0) is 66.1 Å². The number of carbonyl (C=O) groups is 1. The molecule has 3 aromatic rings. The first-order chi connectivity index (χ1) is 29.3. The smallest absolute Gasteiger partial charge is 0.261 e. The van der Waals surface area contributed by atoms with Crippen molar-refractivity contribution in [3.05, 3.63) is 66.2 Å². The van der Waals surface area contributed by atoms with Crippen molar-refractivity contribution in [2.24, 2.45) is 0 Å². The fourth-order valence-electron chi connectivity index (χ4n) is 8.51. The van der Waals surface area contributed by atoms with E-state index in [0.29, 0.717) is 24.3 Å². The van der Waals surface area contributed by atoms with Gasteiger partial charge in [-0.25, -0.2) is 8.42 Å². The van der Waals surface area contributed by atoms with Crippen LogP contribution >= 0.6 is 0 Å². The maximum atomic E-state index is 14.0. The Morgan fingerprint density at radius 3 is 1.32 bits per heavy atom. The first-order valence-electron chi connectivity index (χ1n) is 25.0. The van der Waals surface area contributed by atoms with Crippen molar-refractivity contribution in [2.75, 3.05) is 17.8 Å². The van der Waals surface area contributed by atoms with E-state index < -0.39 is 10.0 Å². The van der Waals surface area contributed by atoms with Crippen LogP contribution < -0.4 is 4.72 Å². The third-order valence-electron chi connectivity index (χ3n) is 12.3. The van der Waals surface area contributed by atoms with Crippen molar-refractivity contribution >= 4 is 32.4 Å². The summed E-state index contributed by atoms with van der Waals surface area (Å²) in [4.78, 5) is 16.1. The van der Waals surface area contributed by atoms with Gasteiger partial charge in [0.15, 0.2) is 0 Å². The average Bonchev–Trinajstić information content (AvgIpc) is 3.24. The van der Waals surface area contributed by atoms with Crippen LogP contribution in [-0.2, 0) is 10.0 Å².